The van der Waals surface area contributed by atoms with Crippen molar-refractivity contribution in [3.63, 3.8) is 0 Å². The summed E-state index contributed by atoms with van der Waals surface area (Å²) in [6.07, 6.45) is 0. The number of benzene rings is 1. The van der Waals surface area contributed by atoms with Crippen LogP contribution < -0.4 is 9.47 Å². The molecule has 0 aliphatic rings. The zero-order valence-corrected chi connectivity index (χ0v) is 17.6. The van der Waals surface area contributed by atoms with E-state index in [2.05, 4.69) is 4.98 Å². The van der Waals surface area contributed by atoms with Gasteiger partial charge in [-0.25, -0.2) is 14.4 Å². The third-order valence-corrected chi connectivity index (χ3v) is 4.22. The molecule has 0 saturated heterocycles. The molecule has 0 saturated carbocycles. The van der Waals surface area contributed by atoms with E-state index >= 15 is 0 Å². The zero-order valence-electron chi connectivity index (χ0n) is 17.6. The van der Waals surface area contributed by atoms with Crippen LogP contribution in [0.1, 0.15) is 56.3 Å². The third-order valence-electron chi connectivity index (χ3n) is 4.22. The largest absolute Gasteiger partial charge is 0.497 e. The molecule has 9 nitrogen and oxygen atoms in total. The average Bonchev–Trinajstić information content (AvgIpc) is 3.08. The highest BCUT2D eigenvalue weighted by Gasteiger charge is 2.26. The zero-order chi connectivity index (χ0) is 22.3. The number of carbonyl (C=O) groups is 3. The number of ether oxygens (including phenoxy) is 5. The molecule has 1 N–H and O–H groups in total. The number of aromatic amines is 1. The standard InChI is InChI=1S/C21H25NO8/c1-6-28-20(24)17-12(3)18(21(25)29-7-2)22-16(17)11-30-19(23)13-8-14(26-4)10-15(9-13)27-5/h8-10,22H,6-7,11H2,1-5H3. The van der Waals surface area contributed by atoms with E-state index in [-0.39, 0.29) is 42.3 Å². The molecule has 0 fully saturated rings. The van der Waals surface area contributed by atoms with Crippen molar-refractivity contribution in [1.82, 2.24) is 4.98 Å². The third kappa shape index (κ3) is 5.11. The number of esters is 3. The Hall–Kier alpha value is -3.49. The number of hydrogen-bond acceptors (Lipinski definition) is 8. The Bertz CT molecular complexity index is 909. The summed E-state index contributed by atoms with van der Waals surface area (Å²) in [7, 11) is 2.93. The summed E-state index contributed by atoms with van der Waals surface area (Å²) in [4.78, 5) is 39.9. The Morgan fingerprint density at radius 1 is 0.833 bits per heavy atom. The summed E-state index contributed by atoms with van der Waals surface area (Å²) in [5.74, 6) is -1.05. The van der Waals surface area contributed by atoms with Crippen LogP contribution in [0, 0.1) is 6.92 Å². The van der Waals surface area contributed by atoms with Gasteiger partial charge in [-0.3, -0.25) is 0 Å². The molecule has 30 heavy (non-hydrogen) atoms. The van der Waals surface area contributed by atoms with Crippen molar-refractivity contribution >= 4 is 17.9 Å². The van der Waals surface area contributed by atoms with E-state index in [4.69, 9.17) is 23.7 Å². The fraction of sp³-hybridized carbons (Fsp3) is 0.381. The van der Waals surface area contributed by atoms with Gasteiger partial charge < -0.3 is 28.7 Å². The van der Waals surface area contributed by atoms with E-state index in [1.165, 1.54) is 26.4 Å². The highest BCUT2D eigenvalue weighted by atomic mass is 16.5. The summed E-state index contributed by atoms with van der Waals surface area (Å²) in [5.41, 5.74) is 1.04. The lowest BCUT2D eigenvalue weighted by Gasteiger charge is -2.09. The van der Waals surface area contributed by atoms with Gasteiger partial charge in [0.15, 0.2) is 0 Å². The van der Waals surface area contributed by atoms with Crippen LogP contribution in [0.2, 0.25) is 0 Å². The molecule has 0 aliphatic carbocycles. The molecule has 9 heteroatoms. The molecule has 0 bridgehead atoms. The van der Waals surface area contributed by atoms with Gasteiger partial charge in [-0.2, -0.15) is 0 Å². The lowest BCUT2D eigenvalue weighted by Crippen LogP contribution is -2.11. The van der Waals surface area contributed by atoms with E-state index in [9.17, 15) is 14.4 Å². The average molecular weight is 419 g/mol. The second-order valence-corrected chi connectivity index (χ2v) is 6.10. The quantitative estimate of drug-likeness (QED) is 0.487. The van der Waals surface area contributed by atoms with Crippen molar-refractivity contribution in [2.75, 3.05) is 27.4 Å². The predicted molar refractivity (Wildman–Crippen MR) is 106 cm³/mol. The molecule has 0 unspecified atom stereocenters. The number of aromatic nitrogens is 1. The molecule has 0 atom stereocenters. The second kappa shape index (κ2) is 10.3. The minimum Gasteiger partial charge on any atom is -0.497 e. The van der Waals surface area contributed by atoms with Gasteiger partial charge in [-0.05, 0) is 38.5 Å². The van der Waals surface area contributed by atoms with Crippen LogP contribution in [0.25, 0.3) is 0 Å². The Balaban J connectivity index is 2.31. The van der Waals surface area contributed by atoms with Crippen LogP contribution in [-0.4, -0.2) is 50.3 Å². The van der Waals surface area contributed by atoms with Crippen LogP contribution >= 0.6 is 0 Å². The van der Waals surface area contributed by atoms with Gasteiger partial charge >= 0.3 is 17.9 Å². The van der Waals surface area contributed by atoms with Gasteiger partial charge in [0.05, 0.1) is 44.3 Å². The van der Waals surface area contributed by atoms with E-state index in [0.717, 1.165) is 0 Å². The first-order valence-corrected chi connectivity index (χ1v) is 9.32. The first-order valence-electron chi connectivity index (χ1n) is 9.32. The maximum atomic E-state index is 12.5. The summed E-state index contributed by atoms with van der Waals surface area (Å²) >= 11 is 0. The Morgan fingerprint density at radius 2 is 1.40 bits per heavy atom. The van der Waals surface area contributed by atoms with Gasteiger partial charge in [-0.15, -0.1) is 0 Å². The molecule has 1 aromatic heterocycles. The summed E-state index contributed by atoms with van der Waals surface area (Å²) in [6.45, 7) is 4.98. The SMILES string of the molecule is CCOC(=O)c1[nH]c(COC(=O)c2cc(OC)cc(OC)c2)c(C(=O)OCC)c1C. The molecule has 0 spiro atoms. The fourth-order valence-corrected chi connectivity index (χ4v) is 2.80. The molecule has 2 rings (SSSR count). The first kappa shape index (κ1) is 22.8. The van der Waals surface area contributed by atoms with E-state index in [0.29, 0.717) is 17.1 Å². The van der Waals surface area contributed by atoms with Crippen LogP contribution in [-0.2, 0) is 20.8 Å². The van der Waals surface area contributed by atoms with Gasteiger partial charge in [0.25, 0.3) is 0 Å². The summed E-state index contributed by atoms with van der Waals surface area (Å²) in [6, 6.07) is 4.62. The van der Waals surface area contributed by atoms with Crippen molar-refractivity contribution in [2.24, 2.45) is 0 Å². The molecule has 162 valence electrons. The van der Waals surface area contributed by atoms with Crippen LogP contribution in [0.3, 0.4) is 0 Å². The minimum atomic E-state index is -0.660. The van der Waals surface area contributed by atoms with Crippen LogP contribution in [0.5, 0.6) is 11.5 Å². The molecule has 1 heterocycles. The maximum absolute atomic E-state index is 12.5. The molecule has 0 aliphatic heterocycles. The molecule has 0 amide bonds. The number of methoxy groups -OCH3 is 2. The normalized spacial score (nSPS) is 10.3. The number of H-pyrrole nitrogens is 1. The van der Waals surface area contributed by atoms with Gasteiger partial charge in [0.2, 0.25) is 0 Å². The predicted octanol–water partition coefficient (Wildman–Crippen LogP) is 3.05. The number of nitrogens with one attached hydrogen (secondary N) is 1. The Labute approximate surface area is 174 Å². The van der Waals surface area contributed by atoms with Crippen molar-refractivity contribution in [3.8, 4) is 11.5 Å². The lowest BCUT2D eigenvalue weighted by molar-refractivity contribution is 0.0445. The number of hydrogen-bond donors (Lipinski definition) is 1. The molecule has 1 aromatic carbocycles. The topological polar surface area (TPSA) is 113 Å². The molecular weight excluding hydrogens is 394 g/mol. The Morgan fingerprint density at radius 3 is 1.93 bits per heavy atom. The van der Waals surface area contributed by atoms with Crippen LogP contribution in [0.4, 0.5) is 0 Å². The maximum Gasteiger partial charge on any atom is 0.355 e. The molecule has 0 radical (unpaired) electrons. The lowest BCUT2D eigenvalue weighted by atomic mass is 10.1. The Kier molecular flexibility index (Phi) is 7.85. The monoisotopic (exact) mass is 419 g/mol. The minimum absolute atomic E-state index is 0.106. The van der Waals surface area contributed by atoms with E-state index < -0.39 is 17.9 Å². The van der Waals surface area contributed by atoms with Gasteiger partial charge in [0, 0.05) is 6.07 Å². The van der Waals surface area contributed by atoms with E-state index in [1.54, 1.807) is 26.8 Å². The highest BCUT2D eigenvalue weighted by Crippen LogP contribution is 2.25. The smallest absolute Gasteiger partial charge is 0.355 e. The van der Waals surface area contributed by atoms with Gasteiger partial charge in [-0.1, -0.05) is 0 Å². The highest BCUT2D eigenvalue weighted by molar-refractivity contribution is 5.98. The molecular formula is C21H25NO8. The summed E-state index contributed by atoms with van der Waals surface area (Å²) < 4.78 is 25.7. The second-order valence-electron chi connectivity index (χ2n) is 6.10. The van der Waals surface area contributed by atoms with Crippen molar-refractivity contribution in [1.29, 1.82) is 0 Å². The first-order chi connectivity index (χ1) is 14.4. The number of carbonyl (C=O) groups excluding carboxylic acids is 3. The van der Waals surface area contributed by atoms with E-state index in [1.807, 2.05) is 0 Å². The summed E-state index contributed by atoms with van der Waals surface area (Å²) in [5, 5.41) is 0. The van der Waals surface area contributed by atoms with Crippen molar-refractivity contribution < 1.29 is 38.1 Å². The van der Waals surface area contributed by atoms with Gasteiger partial charge in [0.1, 0.15) is 23.8 Å². The van der Waals surface area contributed by atoms with Crippen LogP contribution in [0.15, 0.2) is 18.2 Å². The van der Waals surface area contributed by atoms with Crippen molar-refractivity contribution in [3.05, 3.63) is 46.3 Å². The molecule has 2 aromatic rings. The fourth-order valence-electron chi connectivity index (χ4n) is 2.80. The van der Waals surface area contributed by atoms with Crippen molar-refractivity contribution in [2.45, 2.75) is 27.4 Å². The number of rotatable bonds is 9.